The van der Waals surface area contributed by atoms with Gasteiger partial charge in [0.15, 0.2) is 9.92 Å². The molecule has 0 aromatic heterocycles. The molecule has 2 aromatic carbocycles. The van der Waals surface area contributed by atoms with E-state index in [1.165, 1.54) is 11.1 Å². The van der Waals surface area contributed by atoms with Crippen molar-refractivity contribution in [1.29, 1.82) is 0 Å². The highest BCUT2D eigenvalue weighted by molar-refractivity contribution is 7.92. The minimum Gasteiger partial charge on any atom is -0.490 e. The van der Waals surface area contributed by atoms with Crippen molar-refractivity contribution in [3.05, 3.63) is 64.7 Å². The lowest BCUT2D eigenvalue weighted by molar-refractivity contribution is -0.137. The van der Waals surface area contributed by atoms with Crippen LogP contribution < -0.4 is 14.4 Å². The summed E-state index contributed by atoms with van der Waals surface area (Å²) in [5.41, 5.74) is 1.60. The maximum absolute atomic E-state index is 14.8. The van der Waals surface area contributed by atoms with Gasteiger partial charge in [0.1, 0.15) is 11.4 Å². The highest BCUT2D eigenvalue weighted by atomic mass is 35.5. The van der Waals surface area contributed by atoms with Crippen molar-refractivity contribution >= 4 is 39.0 Å². The molecule has 1 saturated carbocycles. The molecule has 2 aliphatic carbocycles. The Bertz CT molecular complexity index is 1700. The Labute approximate surface area is 283 Å². The molecule has 6 rings (SSSR count). The van der Waals surface area contributed by atoms with E-state index in [2.05, 4.69) is 26.1 Å². The first-order valence-corrected chi connectivity index (χ1v) is 18.5. The topological polar surface area (TPSA) is 107 Å². The van der Waals surface area contributed by atoms with Gasteiger partial charge in [-0.15, -0.1) is 4.36 Å². The normalized spacial score (nSPS) is 31.0. The molecular formula is C36H46ClN3O6S. The highest BCUT2D eigenvalue weighted by Crippen LogP contribution is 2.47. The summed E-state index contributed by atoms with van der Waals surface area (Å²) in [6.07, 6.45) is 8.83. The number of nitrogens with zero attached hydrogens (tertiary/aromatic N) is 2. The van der Waals surface area contributed by atoms with Gasteiger partial charge in [0.05, 0.1) is 29.9 Å². The van der Waals surface area contributed by atoms with Gasteiger partial charge in [-0.3, -0.25) is 14.3 Å². The second-order valence-electron chi connectivity index (χ2n) is 14.2. The number of hydrogen-bond acceptors (Lipinski definition) is 7. The molecule has 2 aliphatic heterocycles. The zero-order valence-corrected chi connectivity index (χ0v) is 29.5. The highest BCUT2D eigenvalue weighted by Gasteiger charge is 2.44. The van der Waals surface area contributed by atoms with Crippen molar-refractivity contribution in [1.82, 2.24) is 4.72 Å². The average Bonchev–Trinajstić information content (AvgIpc) is 3.16. The predicted octanol–water partition coefficient (Wildman–Crippen LogP) is 6.26. The predicted molar refractivity (Wildman–Crippen MR) is 183 cm³/mol. The molecule has 4 aliphatic rings. The fourth-order valence-corrected chi connectivity index (χ4v) is 9.27. The molecule has 2 aromatic rings. The molecular weight excluding hydrogens is 638 g/mol. The van der Waals surface area contributed by atoms with Crippen LogP contribution in [-0.4, -0.2) is 61.1 Å². The van der Waals surface area contributed by atoms with E-state index in [0.29, 0.717) is 30.7 Å². The second kappa shape index (κ2) is 13.2. The molecule has 1 spiro atoms. The molecule has 0 saturated heterocycles. The van der Waals surface area contributed by atoms with Gasteiger partial charge in [0, 0.05) is 36.6 Å². The zero-order valence-electron chi connectivity index (χ0n) is 27.9. The number of amides is 2. The quantitative estimate of drug-likeness (QED) is 0.381. The van der Waals surface area contributed by atoms with Gasteiger partial charge in [0.2, 0.25) is 5.91 Å². The Hall–Kier alpha value is -2.92. The van der Waals surface area contributed by atoms with Gasteiger partial charge in [0.25, 0.3) is 5.91 Å². The third-order valence-corrected chi connectivity index (χ3v) is 12.3. The Morgan fingerprint density at radius 3 is 2.72 bits per heavy atom. The molecule has 2 heterocycles. The van der Waals surface area contributed by atoms with E-state index in [1.54, 1.807) is 53.0 Å². The average molecular weight is 684 g/mol. The van der Waals surface area contributed by atoms with Crippen molar-refractivity contribution in [2.24, 2.45) is 22.1 Å². The summed E-state index contributed by atoms with van der Waals surface area (Å²) in [7, 11) is -2.01. The maximum Gasteiger partial charge on any atom is 0.287 e. The van der Waals surface area contributed by atoms with Crippen LogP contribution in [0.2, 0.25) is 5.02 Å². The summed E-state index contributed by atoms with van der Waals surface area (Å²) >= 11 is 6.45. The summed E-state index contributed by atoms with van der Waals surface area (Å²) < 4.78 is 40.1. The Morgan fingerprint density at radius 2 is 2.00 bits per heavy atom. The minimum atomic E-state index is -3.74. The number of nitrogens with one attached hydrogen (secondary N) is 1. The van der Waals surface area contributed by atoms with E-state index in [9.17, 15) is 13.8 Å². The van der Waals surface area contributed by atoms with Crippen molar-refractivity contribution in [2.45, 2.75) is 81.8 Å². The molecule has 11 heteroatoms. The van der Waals surface area contributed by atoms with Crippen LogP contribution in [0.4, 0.5) is 5.69 Å². The number of hydrogen-bond donors (Lipinski definition) is 1. The Morgan fingerprint density at radius 1 is 1.19 bits per heavy atom. The van der Waals surface area contributed by atoms with Crippen molar-refractivity contribution < 1.29 is 28.0 Å². The van der Waals surface area contributed by atoms with Gasteiger partial charge in [-0.1, -0.05) is 43.7 Å². The van der Waals surface area contributed by atoms with E-state index in [-0.39, 0.29) is 23.0 Å². The molecule has 1 fully saturated rings. The Kier molecular flexibility index (Phi) is 9.52. The lowest BCUT2D eigenvalue weighted by Crippen LogP contribution is -2.49. The van der Waals surface area contributed by atoms with Gasteiger partial charge in [-0.05, 0) is 99.2 Å². The van der Waals surface area contributed by atoms with Crippen molar-refractivity contribution in [3.63, 3.8) is 0 Å². The molecule has 47 heavy (non-hydrogen) atoms. The number of benzene rings is 2. The van der Waals surface area contributed by atoms with E-state index in [0.717, 1.165) is 49.4 Å². The number of methoxy groups -OCH3 is 1. The number of carbonyl (C=O) groups excluding carboxylic acids is 2. The largest absolute Gasteiger partial charge is 0.490 e. The number of ether oxygens (including phenoxy) is 3. The summed E-state index contributed by atoms with van der Waals surface area (Å²) in [5, 5.41) is 0.731. The first-order valence-electron chi connectivity index (χ1n) is 16.6. The van der Waals surface area contributed by atoms with E-state index < -0.39 is 33.2 Å². The molecule has 2 bridgehead atoms. The van der Waals surface area contributed by atoms with Crippen LogP contribution >= 0.6 is 11.6 Å². The minimum absolute atomic E-state index is 0.0979. The number of halogens is 1. The van der Waals surface area contributed by atoms with Gasteiger partial charge < -0.3 is 19.1 Å². The molecule has 254 valence electrons. The second-order valence-corrected chi connectivity index (χ2v) is 16.6. The summed E-state index contributed by atoms with van der Waals surface area (Å²) in [6, 6.07) is 11.4. The summed E-state index contributed by atoms with van der Waals surface area (Å²) in [6.45, 7) is 8.66. The third kappa shape index (κ3) is 6.71. The van der Waals surface area contributed by atoms with Crippen LogP contribution in [0.3, 0.4) is 0 Å². The van der Waals surface area contributed by atoms with E-state index in [4.69, 9.17) is 25.8 Å². The lowest BCUT2D eigenvalue weighted by atomic mass is 9.68. The first kappa shape index (κ1) is 34.0. The van der Waals surface area contributed by atoms with Crippen LogP contribution in [-0.2, 0) is 40.8 Å². The molecule has 5 atom stereocenters. The molecule has 1 unspecified atom stereocenters. The van der Waals surface area contributed by atoms with Crippen LogP contribution in [0.15, 0.2) is 57.8 Å². The molecule has 9 nitrogen and oxygen atoms in total. The summed E-state index contributed by atoms with van der Waals surface area (Å²) in [5.74, 6) is -0.366. The summed E-state index contributed by atoms with van der Waals surface area (Å²) in [4.78, 5) is 29.2. The van der Waals surface area contributed by atoms with Crippen LogP contribution in [0.25, 0.3) is 0 Å². The molecule has 1 N–H and O–H groups in total. The van der Waals surface area contributed by atoms with Gasteiger partial charge in [-0.25, -0.2) is 4.21 Å². The fraction of sp³-hybridized carbons (Fsp3) is 0.556. The lowest BCUT2D eigenvalue weighted by Gasteiger charge is -2.46. The van der Waals surface area contributed by atoms with Gasteiger partial charge >= 0.3 is 0 Å². The Balaban J connectivity index is 1.51. The fourth-order valence-electron chi connectivity index (χ4n) is 7.32. The van der Waals surface area contributed by atoms with Crippen LogP contribution in [0.5, 0.6) is 5.75 Å². The number of anilines is 1. The molecule has 2 amide bonds. The molecule has 0 radical (unpaired) electrons. The maximum atomic E-state index is 14.8. The van der Waals surface area contributed by atoms with Gasteiger partial charge in [-0.2, -0.15) is 0 Å². The standard InChI is InChI=1S/C36H46ClN3O6S/c1-23(2)33(41)38-47(43)27-12-15-32-30(19-27)40(21-36(22-45-32)16-6-8-24-18-26(37)11-14-29(24)36)20-25-10-13-28(25)31(44-5)9-7-17-46-35(3,4)34(42)39-47/h7,9,11-12,14-15,18-19,23,25,28,31H,6,8,10,13,16-17,20-22H2,1-5H3,(H,38,39,41,42,43)/b9-7-/t25-,28+,31-,36-,47?/m0/s1. The van der Waals surface area contributed by atoms with E-state index in [1.807, 2.05) is 18.2 Å². The number of fused-ring (bicyclic) bond motifs is 4. The van der Waals surface area contributed by atoms with Crippen molar-refractivity contribution in [2.75, 3.05) is 38.3 Å². The van der Waals surface area contributed by atoms with Crippen LogP contribution in [0, 0.1) is 17.8 Å². The first-order chi connectivity index (χ1) is 22.3. The SMILES string of the molecule is CO[C@H]1/C=C\COC(C)(C)C(=O)N=S(=O)(NC(=O)C(C)C)c2ccc3c(c2)N(C[C@@H]2CC[C@H]21)C[C@@]1(CCCc2cc(Cl)ccc21)CO3. The zero-order chi connectivity index (χ0) is 33.6. The third-order valence-electron chi connectivity index (χ3n) is 10.3. The van der Waals surface area contributed by atoms with E-state index >= 15 is 0 Å². The van der Waals surface area contributed by atoms with Crippen molar-refractivity contribution in [3.8, 4) is 5.75 Å². The number of rotatable bonds is 3. The number of carbonyl (C=O) groups is 2. The smallest absolute Gasteiger partial charge is 0.287 e. The van der Waals surface area contributed by atoms with Crippen LogP contribution in [0.1, 0.15) is 64.5 Å². The monoisotopic (exact) mass is 683 g/mol. The number of aryl methyl sites for hydroxylation is 1.